The van der Waals surface area contributed by atoms with Crippen molar-refractivity contribution >= 4 is 21.6 Å². The van der Waals surface area contributed by atoms with Gasteiger partial charge < -0.3 is 4.74 Å². The van der Waals surface area contributed by atoms with Crippen LogP contribution in [0.1, 0.15) is 19.4 Å². The van der Waals surface area contributed by atoms with Crippen molar-refractivity contribution in [3.63, 3.8) is 0 Å². The molecule has 0 unspecified atom stereocenters. The largest absolute Gasteiger partial charge is 0.496 e. The molecule has 0 aliphatic rings. The van der Waals surface area contributed by atoms with Crippen molar-refractivity contribution in [1.29, 1.82) is 0 Å². The lowest BCUT2D eigenvalue weighted by atomic mass is 10.2. The highest BCUT2D eigenvalue weighted by Crippen LogP contribution is 2.32. The van der Waals surface area contributed by atoms with Crippen molar-refractivity contribution in [2.24, 2.45) is 10.3 Å². The van der Waals surface area contributed by atoms with E-state index in [1.165, 1.54) is 0 Å². The fourth-order valence-corrected chi connectivity index (χ4v) is 1.85. The standard InChI is InChI=1S/C13H16BrN3O/c1-5-10-8-13(18-4)11(14)9-12(10)15-16-17(6-2)7-3/h1,8-9H,6-7H2,2-4H3. The normalized spacial score (nSPS) is 10.4. The quantitative estimate of drug-likeness (QED) is 0.471. The van der Waals surface area contributed by atoms with E-state index in [-0.39, 0.29) is 0 Å². The molecule has 0 radical (unpaired) electrons. The lowest BCUT2D eigenvalue weighted by Crippen LogP contribution is -2.14. The molecule has 18 heavy (non-hydrogen) atoms. The third-order valence-corrected chi connectivity index (χ3v) is 3.05. The average Bonchev–Trinajstić information content (AvgIpc) is 2.40. The summed E-state index contributed by atoms with van der Waals surface area (Å²) in [6, 6.07) is 3.57. The van der Waals surface area contributed by atoms with Crippen LogP contribution in [0.15, 0.2) is 26.9 Å². The predicted octanol–water partition coefficient (Wildman–Crippen LogP) is 3.78. The lowest BCUT2D eigenvalue weighted by molar-refractivity contribution is 0.300. The fraction of sp³-hybridized carbons (Fsp3) is 0.385. The van der Waals surface area contributed by atoms with Crippen LogP contribution in [0.4, 0.5) is 5.69 Å². The minimum absolute atomic E-state index is 0.650. The summed E-state index contributed by atoms with van der Waals surface area (Å²) < 4.78 is 5.99. The lowest BCUT2D eigenvalue weighted by Gasteiger charge is -2.12. The van der Waals surface area contributed by atoms with E-state index in [0.717, 1.165) is 17.6 Å². The summed E-state index contributed by atoms with van der Waals surface area (Å²) in [5, 5.41) is 10.2. The Morgan fingerprint density at radius 1 is 1.39 bits per heavy atom. The minimum Gasteiger partial charge on any atom is -0.496 e. The van der Waals surface area contributed by atoms with E-state index < -0.39 is 0 Å². The fourth-order valence-electron chi connectivity index (χ4n) is 1.36. The molecule has 0 spiro atoms. The van der Waals surface area contributed by atoms with Gasteiger partial charge in [0.25, 0.3) is 0 Å². The van der Waals surface area contributed by atoms with Crippen molar-refractivity contribution in [1.82, 2.24) is 5.01 Å². The maximum atomic E-state index is 5.46. The van der Waals surface area contributed by atoms with Crippen molar-refractivity contribution in [2.45, 2.75) is 13.8 Å². The van der Waals surface area contributed by atoms with Crippen molar-refractivity contribution in [2.75, 3.05) is 20.2 Å². The molecule has 0 aromatic heterocycles. The van der Waals surface area contributed by atoms with Gasteiger partial charge in [-0.1, -0.05) is 11.1 Å². The van der Waals surface area contributed by atoms with Crippen LogP contribution in [0.5, 0.6) is 5.75 Å². The van der Waals surface area contributed by atoms with Gasteiger partial charge in [-0.3, -0.25) is 5.01 Å². The van der Waals surface area contributed by atoms with Gasteiger partial charge in [-0.25, -0.2) is 0 Å². The van der Waals surface area contributed by atoms with Gasteiger partial charge >= 0.3 is 0 Å². The first kappa shape index (κ1) is 14.5. The maximum Gasteiger partial charge on any atom is 0.134 e. The number of rotatable bonds is 5. The summed E-state index contributed by atoms with van der Waals surface area (Å²) in [5.41, 5.74) is 1.31. The summed E-state index contributed by atoms with van der Waals surface area (Å²) >= 11 is 3.40. The molecule has 0 heterocycles. The molecule has 1 aromatic rings. The molecule has 0 saturated carbocycles. The highest BCUT2D eigenvalue weighted by atomic mass is 79.9. The topological polar surface area (TPSA) is 37.2 Å². The number of halogens is 1. The van der Waals surface area contributed by atoms with E-state index in [4.69, 9.17) is 11.2 Å². The van der Waals surface area contributed by atoms with Gasteiger partial charge in [0, 0.05) is 13.1 Å². The number of nitrogens with zero attached hydrogens (tertiary/aromatic N) is 3. The Kier molecular flexibility index (Phi) is 5.66. The van der Waals surface area contributed by atoms with Crippen molar-refractivity contribution in [3.8, 4) is 18.1 Å². The van der Waals surface area contributed by atoms with Crippen molar-refractivity contribution in [3.05, 3.63) is 22.2 Å². The Labute approximate surface area is 116 Å². The smallest absolute Gasteiger partial charge is 0.134 e. The van der Waals surface area contributed by atoms with E-state index in [0.29, 0.717) is 17.0 Å². The highest BCUT2D eigenvalue weighted by Gasteiger charge is 2.07. The van der Waals surface area contributed by atoms with E-state index in [1.807, 2.05) is 18.9 Å². The number of terminal acetylenes is 1. The molecule has 0 aliphatic carbocycles. The summed E-state index contributed by atoms with van der Waals surface area (Å²) in [6.07, 6.45) is 5.46. The molecule has 0 amide bonds. The maximum absolute atomic E-state index is 5.46. The zero-order valence-corrected chi connectivity index (χ0v) is 12.4. The number of methoxy groups -OCH3 is 1. The molecule has 0 N–H and O–H groups in total. The van der Waals surface area contributed by atoms with Crippen LogP contribution in [0.2, 0.25) is 0 Å². The minimum atomic E-state index is 0.650. The van der Waals surface area contributed by atoms with E-state index >= 15 is 0 Å². The zero-order valence-electron chi connectivity index (χ0n) is 10.8. The summed E-state index contributed by atoms with van der Waals surface area (Å²) in [7, 11) is 1.59. The number of hydrogen-bond acceptors (Lipinski definition) is 3. The Morgan fingerprint density at radius 2 is 2.06 bits per heavy atom. The molecule has 0 aliphatic heterocycles. The monoisotopic (exact) mass is 309 g/mol. The second kappa shape index (κ2) is 7.02. The van der Waals surface area contributed by atoms with Crippen LogP contribution in [-0.4, -0.2) is 25.2 Å². The van der Waals surface area contributed by atoms with Gasteiger partial charge in [0.1, 0.15) is 11.4 Å². The SMILES string of the molecule is C#Cc1cc(OC)c(Br)cc1N=NN(CC)CC. The van der Waals surface area contributed by atoms with Crippen LogP contribution in [0.3, 0.4) is 0 Å². The number of ether oxygens (including phenoxy) is 1. The molecule has 0 saturated heterocycles. The van der Waals surface area contributed by atoms with Crippen LogP contribution in [0.25, 0.3) is 0 Å². The van der Waals surface area contributed by atoms with Gasteiger partial charge in [0.15, 0.2) is 0 Å². The third-order valence-electron chi connectivity index (χ3n) is 2.43. The summed E-state index contributed by atoms with van der Waals surface area (Å²) in [4.78, 5) is 0. The van der Waals surface area contributed by atoms with Crippen LogP contribution in [0, 0.1) is 12.3 Å². The molecule has 0 fully saturated rings. The molecule has 4 nitrogen and oxygen atoms in total. The van der Waals surface area contributed by atoms with Gasteiger partial charge in [-0.15, -0.1) is 11.5 Å². The molecule has 96 valence electrons. The van der Waals surface area contributed by atoms with E-state index in [9.17, 15) is 0 Å². The Balaban J connectivity index is 3.09. The van der Waals surface area contributed by atoms with Crippen LogP contribution >= 0.6 is 15.9 Å². The molecule has 5 heteroatoms. The van der Waals surface area contributed by atoms with Crippen LogP contribution < -0.4 is 4.74 Å². The van der Waals surface area contributed by atoms with Gasteiger partial charge in [-0.2, -0.15) is 0 Å². The first-order valence-corrected chi connectivity index (χ1v) is 6.46. The second-order valence-electron chi connectivity index (χ2n) is 3.48. The van der Waals surface area contributed by atoms with Gasteiger partial charge in [0.2, 0.25) is 0 Å². The zero-order chi connectivity index (χ0) is 13.5. The summed E-state index contributed by atoms with van der Waals surface area (Å²) in [6.45, 7) is 5.66. The highest BCUT2D eigenvalue weighted by molar-refractivity contribution is 9.10. The molecular weight excluding hydrogens is 294 g/mol. The molecule has 1 aromatic carbocycles. The van der Waals surface area contributed by atoms with Crippen LogP contribution in [-0.2, 0) is 0 Å². The van der Waals surface area contributed by atoms with Gasteiger partial charge in [-0.05, 0) is 41.9 Å². The number of hydrogen-bond donors (Lipinski definition) is 0. The Morgan fingerprint density at radius 3 is 2.56 bits per heavy atom. The predicted molar refractivity (Wildman–Crippen MR) is 76.1 cm³/mol. The van der Waals surface area contributed by atoms with E-state index in [2.05, 4.69) is 32.2 Å². The Bertz CT molecular complexity index is 476. The summed E-state index contributed by atoms with van der Waals surface area (Å²) in [5.74, 6) is 3.27. The first-order valence-electron chi connectivity index (χ1n) is 5.67. The average molecular weight is 310 g/mol. The molecule has 1 rings (SSSR count). The molecule has 0 atom stereocenters. The van der Waals surface area contributed by atoms with E-state index in [1.54, 1.807) is 19.2 Å². The van der Waals surface area contributed by atoms with Crippen molar-refractivity contribution < 1.29 is 4.74 Å². The Hall–Kier alpha value is -1.54. The molecular formula is C13H16BrN3O. The number of benzene rings is 1. The molecule has 0 bridgehead atoms. The van der Waals surface area contributed by atoms with Gasteiger partial charge in [0.05, 0.1) is 17.1 Å². The first-order chi connectivity index (χ1) is 8.65. The third kappa shape index (κ3) is 3.47. The second-order valence-corrected chi connectivity index (χ2v) is 4.33.